The Labute approximate surface area is 172 Å². The number of aryl methyl sites for hydroxylation is 1. The van der Waals surface area contributed by atoms with Crippen LogP contribution in [0.1, 0.15) is 12.7 Å². The molecule has 1 amide bonds. The van der Waals surface area contributed by atoms with Gasteiger partial charge in [-0.15, -0.1) is 0 Å². The summed E-state index contributed by atoms with van der Waals surface area (Å²) >= 11 is 0. The fourth-order valence-electron chi connectivity index (χ4n) is 3.45. The van der Waals surface area contributed by atoms with Gasteiger partial charge in [0.25, 0.3) is 0 Å². The molecule has 0 spiro atoms. The number of hydrogen-bond donors (Lipinski definition) is 0. The van der Waals surface area contributed by atoms with E-state index in [2.05, 4.69) is 0 Å². The third kappa shape index (κ3) is 3.71. The van der Waals surface area contributed by atoms with E-state index in [0.717, 1.165) is 0 Å². The maximum absolute atomic E-state index is 13.0. The summed E-state index contributed by atoms with van der Waals surface area (Å²) in [6, 6.07) is 7.90. The van der Waals surface area contributed by atoms with Crippen LogP contribution in [0.2, 0.25) is 0 Å². The van der Waals surface area contributed by atoms with Crippen LogP contribution in [-0.4, -0.2) is 54.3 Å². The molecule has 1 aliphatic rings. The molecule has 1 fully saturated rings. The highest BCUT2D eigenvalue weighted by atomic mass is 32.2. The molecule has 0 radical (unpaired) electrons. The summed E-state index contributed by atoms with van der Waals surface area (Å²) in [5.74, 6) is -0.146. The highest BCUT2D eigenvalue weighted by Gasteiger charge is 2.30. The monoisotopic (exact) mass is 431 g/mol. The van der Waals surface area contributed by atoms with E-state index in [1.165, 1.54) is 33.3 Å². The number of nitrogens with zero attached hydrogens (tertiary/aromatic N) is 3. The van der Waals surface area contributed by atoms with Crippen molar-refractivity contribution in [2.75, 3.05) is 26.2 Å². The molecule has 0 saturated carbocycles. The van der Waals surface area contributed by atoms with Crippen molar-refractivity contribution in [1.29, 1.82) is 0 Å². The fourth-order valence-corrected chi connectivity index (χ4v) is 4.89. The van der Waals surface area contributed by atoms with Gasteiger partial charge < -0.3 is 13.7 Å². The molecule has 0 atom stereocenters. The van der Waals surface area contributed by atoms with Gasteiger partial charge in [0.05, 0.1) is 16.7 Å². The number of sulfonamides is 1. The van der Waals surface area contributed by atoms with Crippen molar-refractivity contribution in [2.45, 2.75) is 18.4 Å². The summed E-state index contributed by atoms with van der Waals surface area (Å²) in [4.78, 5) is 25.8. The summed E-state index contributed by atoms with van der Waals surface area (Å²) in [5.41, 5.74) is 0.792. The lowest BCUT2D eigenvalue weighted by atomic mass is 10.3. The molecule has 3 heterocycles. The average Bonchev–Trinajstić information content (AvgIpc) is 3.38. The molecule has 1 aliphatic heterocycles. The topological polar surface area (TPSA) is 106 Å². The predicted molar refractivity (Wildman–Crippen MR) is 109 cm³/mol. The van der Waals surface area contributed by atoms with Gasteiger partial charge >= 0.3 is 5.76 Å². The van der Waals surface area contributed by atoms with Gasteiger partial charge in [-0.2, -0.15) is 4.31 Å². The van der Waals surface area contributed by atoms with Crippen molar-refractivity contribution in [3.05, 3.63) is 59.0 Å². The lowest BCUT2D eigenvalue weighted by molar-refractivity contribution is -0.127. The van der Waals surface area contributed by atoms with Crippen LogP contribution in [0.4, 0.5) is 0 Å². The molecule has 30 heavy (non-hydrogen) atoms. The molecule has 2 aromatic heterocycles. The second-order valence-electron chi connectivity index (χ2n) is 6.82. The van der Waals surface area contributed by atoms with Gasteiger partial charge in [-0.25, -0.2) is 13.2 Å². The number of carbonyl (C=O) groups excluding carboxylic acids is 1. The zero-order chi connectivity index (χ0) is 21.3. The molecule has 4 rings (SSSR count). The van der Waals surface area contributed by atoms with E-state index in [0.29, 0.717) is 17.8 Å². The van der Waals surface area contributed by atoms with Crippen LogP contribution in [0.3, 0.4) is 0 Å². The fraction of sp³-hybridized carbons (Fsp3) is 0.300. The second kappa shape index (κ2) is 7.96. The van der Waals surface area contributed by atoms with Crippen molar-refractivity contribution < 1.29 is 22.0 Å². The number of rotatable bonds is 5. The maximum atomic E-state index is 13.0. The Morgan fingerprint density at radius 1 is 1.17 bits per heavy atom. The van der Waals surface area contributed by atoms with Crippen LogP contribution >= 0.6 is 0 Å². The molecule has 3 aromatic rings. The number of piperazine rings is 1. The Balaban J connectivity index is 1.46. The highest BCUT2D eigenvalue weighted by Crippen LogP contribution is 2.22. The Kier molecular flexibility index (Phi) is 5.35. The number of fused-ring (bicyclic) bond motifs is 1. The van der Waals surface area contributed by atoms with Crippen LogP contribution in [0, 0.1) is 0 Å². The first-order chi connectivity index (χ1) is 14.4. The lowest BCUT2D eigenvalue weighted by Gasteiger charge is -2.33. The normalized spacial score (nSPS) is 16.0. The van der Waals surface area contributed by atoms with E-state index in [4.69, 9.17) is 8.83 Å². The molecule has 9 nitrogen and oxygen atoms in total. The number of hydrogen-bond acceptors (Lipinski definition) is 6. The van der Waals surface area contributed by atoms with Crippen LogP contribution in [0.5, 0.6) is 0 Å². The highest BCUT2D eigenvalue weighted by molar-refractivity contribution is 7.89. The summed E-state index contributed by atoms with van der Waals surface area (Å²) in [5, 5.41) is 0. The molecular formula is C20H21N3O6S. The molecule has 1 aromatic carbocycles. The number of oxazole rings is 1. The molecule has 0 unspecified atom stereocenters. The summed E-state index contributed by atoms with van der Waals surface area (Å²) in [6.45, 7) is 3.17. The minimum atomic E-state index is -3.77. The van der Waals surface area contributed by atoms with Crippen molar-refractivity contribution in [1.82, 2.24) is 13.8 Å². The number of aromatic nitrogens is 1. The van der Waals surface area contributed by atoms with Crippen molar-refractivity contribution >= 4 is 33.1 Å². The van der Waals surface area contributed by atoms with Gasteiger partial charge in [0.2, 0.25) is 15.9 Å². The largest absolute Gasteiger partial charge is 0.465 e. The Morgan fingerprint density at radius 2 is 1.93 bits per heavy atom. The molecule has 1 saturated heterocycles. The standard InChI is InChI=1S/C20H21N3O6S/c1-2-23-17-7-6-16(14-18(17)29-20(23)25)30(26,27)22-11-9-21(10-12-22)19(24)8-5-15-4-3-13-28-15/h3-8,13-14H,2,9-12H2,1H3. The summed E-state index contributed by atoms with van der Waals surface area (Å²) in [7, 11) is -3.77. The average molecular weight is 431 g/mol. The van der Waals surface area contributed by atoms with E-state index in [9.17, 15) is 18.0 Å². The number of amides is 1. The minimum absolute atomic E-state index is 0.0597. The van der Waals surface area contributed by atoms with Gasteiger partial charge in [-0.3, -0.25) is 9.36 Å². The van der Waals surface area contributed by atoms with Gasteiger partial charge in [0.15, 0.2) is 5.58 Å². The third-order valence-corrected chi connectivity index (χ3v) is 6.97. The minimum Gasteiger partial charge on any atom is -0.465 e. The Hall–Kier alpha value is -3.11. The zero-order valence-electron chi connectivity index (χ0n) is 16.4. The first-order valence-electron chi connectivity index (χ1n) is 9.54. The van der Waals surface area contributed by atoms with Crippen LogP contribution < -0.4 is 5.76 Å². The summed E-state index contributed by atoms with van der Waals surface area (Å²) < 4.78 is 39.1. The van der Waals surface area contributed by atoms with E-state index >= 15 is 0 Å². The van der Waals surface area contributed by atoms with Crippen molar-refractivity contribution in [3.8, 4) is 0 Å². The van der Waals surface area contributed by atoms with E-state index < -0.39 is 15.8 Å². The molecule has 10 heteroatoms. The zero-order valence-corrected chi connectivity index (χ0v) is 17.2. The molecule has 0 bridgehead atoms. The Bertz CT molecular complexity index is 1250. The van der Waals surface area contributed by atoms with Gasteiger partial charge in [0, 0.05) is 44.9 Å². The maximum Gasteiger partial charge on any atom is 0.419 e. The van der Waals surface area contributed by atoms with Crippen LogP contribution in [0.15, 0.2) is 61.2 Å². The van der Waals surface area contributed by atoms with Crippen molar-refractivity contribution in [2.24, 2.45) is 0 Å². The molecule has 0 N–H and O–H groups in total. The van der Waals surface area contributed by atoms with Crippen LogP contribution in [-0.2, 0) is 21.4 Å². The van der Waals surface area contributed by atoms with E-state index in [1.54, 1.807) is 29.2 Å². The third-order valence-electron chi connectivity index (χ3n) is 5.08. The van der Waals surface area contributed by atoms with Gasteiger partial charge in [0.1, 0.15) is 5.76 Å². The molecule has 158 valence electrons. The second-order valence-corrected chi connectivity index (χ2v) is 8.76. The number of carbonyl (C=O) groups is 1. The lowest BCUT2D eigenvalue weighted by Crippen LogP contribution is -2.50. The molecular weight excluding hydrogens is 410 g/mol. The predicted octanol–water partition coefficient (Wildman–Crippen LogP) is 1.75. The van der Waals surface area contributed by atoms with Gasteiger partial charge in [-0.1, -0.05) is 0 Å². The SMILES string of the molecule is CCn1c(=O)oc2cc(S(=O)(=O)N3CCN(C(=O)C=Cc4ccco4)CC3)ccc21. The number of benzene rings is 1. The van der Waals surface area contributed by atoms with Crippen molar-refractivity contribution in [3.63, 3.8) is 0 Å². The van der Waals surface area contributed by atoms with E-state index in [1.807, 2.05) is 6.92 Å². The first kappa shape index (κ1) is 20.2. The van der Waals surface area contributed by atoms with Gasteiger partial charge in [-0.05, 0) is 37.3 Å². The molecule has 0 aliphatic carbocycles. The summed E-state index contributed by atoms with van der Waals surface area (Å²) in [6.07, 6.45) is 4.52. The quantitative estimate of drug-likeness (QED) is 0.570. The Morgan fingerprint density at radius 3 is 2.60 bits per heavy atom. The first-order valence-corrected chi connectivity index (χ1v) is 11.0. The van der Waals surface area contributed by atoms with E-state index in [-0.39, 0.29) is 42.6 Å². The smallest absolute Gasteiger partial charge is 0.419 e. The number of furan rings is 1. The van der Waals surface area contributed by atoms with Crippen LogP contribution in [0.25, 0.3) is 17.2 Å².